The Balaban J connectivity index is 1.42. The standard InChI is InChI=1S/C21H22N4O2S/c1-21(2,26)19-10-16-18(28-19)11-23-20(24-16)25-7-8-27-17(12-25)14-4-3-13-5-6-22-15(13)9-14/h3-6,9-11,17,22,26H,7-8,12H2,1-2H3. The summed E-state index contributed by atoms with van der Waals surface area (Å²) in [6, 6.07) is 10.4. The first-order valence-corrected chi connectivity index (χ1v) is 10.2. The lowest BCUT2D eigenvalue weighted by Crippen LogP contribution is -2.39. The van der Waals surface area contributed by atoms with Crippen molar-refractivity contribution in [2.45, 2.75) is 25.6 Å². The molecule has 6 nitrogen and oxygen atoms in total. The van der Waals surface area contributed by atoms with Crippen molar-refractivity contribution >= 4 is 38.4 Å². The molecule has 1 atom stereocenters. The number of H-pyrrole nitrogens is 1. The van der Waals surface area contributed by atoms with E-state index in [0.29, 0.717) is 19.1 Å². The van der Waals surface area contributed by atoms with Crippen LogP contribution >= 0.6 is 11.3 Å². The highest BCUT2D eigenvalue weighted by Crippen LogP contribution is 2.33. The quantitative estimate of drug-likeness (QED) is 0.550. The average molecular weight is 395 g/mol. The predicted octanol–water partition coefficient (Wildman–Crippen LogP) is 3.98. The summed E-state index contributed by atoms with van der Waals surface area (Å²) in [6.07, 6.45) is 3.79. The van der Waals surface area contributed by atoms with E-state index < -0.39 is 5.60 Å². The first-order valence-electron chi connectivity index (χ1n) is 9.40. The summed E-state index contributed by atoms with van der Waals surface area (Å²) in [5.41, 5.74) is 2.28. The number of nitrogens with zero attached hydrogens (tertiary/aromatic N) is 3. The largest absolute Gasteiger partial charge is 0.385 e. The fraction of sp³-hybridized carbons (Fsp3) is 0.333. The van der Waals surface area contributed by atoms with E-state index in [1.165, 1.54) is 16.7 Å². The summed E-state index contributed by atoms with van der Waals surface area (Å²) in [6.45, 7) is 5.68. The Morgan fingerprint density at radius 3 is 3.04 bits per heavy atom. The molecule has 28 heavy (non-hydrogen) atoms. The van der Waals surface area contributed by atoms with Crippen LogP contribution in [0.1, 0.15) is 30.4 Å². The van der Waals surface area contributed by atoms with E-state index in [4.69, 9.17) is 9.72 Å². The minimum absolute atomic E-state index is 0.0184. The molecule has 0 radical (unpaired) electrons. The topological polar surface area (TPSA) is 74.3 Å². The van der Waals surface area contributed by atoms with Crippen molar-refractivity contribution in [1.82, 2.24) is 15.0 Å². The number of aromatic nitrogens is 3. The Morgan fingerprint density at radius 1 is 1.29 bits per heavy atom. The van der Waals surface area contributed by atoms with Gasteiger partial charge in [0.15, 0.2) is 0 Å². The lowest BCUT2D eigenvalue weighted by Gasteiger charge is -2.33. The first kappa shape index (κ1) is 17.6. The zero-order valence-corrected chi connectivity index (χ0v) is 16.7. The van der Waals surface area contributed by atoms with Crippen LogP contribution in [0.2, 0.25) is 0 Å². The minimum Gasteiger partial charge on any atom is -0.385 e. The van der Waals surface area contributed by atoms with E-state index in [1.54, 1.807) is 13.8 Å². The van der Waals surface area contributed by atoms with Crippen molar-refractivity contribution in [3.8, 4) is 0 Å². The molecule has 1 unspecified atom stereocenters. The van der Waals surface area contributed by atoms with Crippen molar-refractivity contribution in [1.29, 1.82) is 0 Å². The van der Waals surface area contributed by atoms with Gasteiger partial charge in [-0.2, -0.15) is 0 Å². The van der Waals surface area contributed by atoms with Crippen molar-refractivity contribution in [2.75, 3.05) is 24.6 Å². The monoisotopic (exact) mass is 394 g/mol. The van der Waals surface area contributed by atoms with Gasteiger partial charge in [0.2, 0.25) is 5.95 Å². The predicted molar refractivity (Wildman–Crippen MR) is 112 cm³/mol. The fourth-order valence-electron chi connectivity index (χ4n) is 3.58. The van der Waals surface area contributed by atoms with Crippen LogP contribution in [-0.4, -0.2) is 39.8 Å². The van der Waals surface area contributed by atoms with E-state index >= 15 is 0 Å². The van der Waals surface area contributed by atoms with Gasteiger partial charge >= 0.3 is 0 Å². The van der Waals surface area contributed by atoms with Gasteiger partial charge in [-0.05, 0) is 43.0 Å². The maximum atomic E-state index is 10.3. The molecule has 1 saturated heterocycles. The maximum absolute atomic E-state index is 10.3. The van der Waals surface area contributed by atoms with Crippen LogP contribution < -0.4 is 4.90 Å². The van der Waals surface area contributed by atoms with Crippen LogP contribution in [-0.2, 0) is 10.3 Å². The van der Waals surface area contributed by atoms with E-state index in [1.807, 2.05) is 18.5 Å². The third kappa shape index (κ3) is 3.15. The number of aromatic amines is 1. The molecule has 4 aromatic rings. The Hall–Kier alpha value is -2.48. The van der Waals surface area contributed by atoms with Crippen molar-refractivity contribution in [3.05, 3.63) is 53.2 Å². The van der Waals surface area contributed by atoms with E-state index in [0.717, 1.165) is 32.7 Å². The van der Waals surface area contributed by atoms with E-state index in [9.17, 15) is 5.11 Å². The highest BCUT2D eigenvalue weighted by Gasteiger charge is 2.25. The second-order valence-corrected chi connectivity index (χ2v) is 8.80. The third-order valence-corrected chi connectivity index (χ3v) is 6.53. The molecule has 0 saturated carbocycles. The van der Waals surface area contributed by atoms with Crippen LogP contribution in [0.5, 0.6) is 0 Å². The molecule has 0 amide bonds. The number of hydrogen-bond donors (Lipinski definition) is 2. The van der Waals surface area contributed by atoms with Gasteiger partial charge in [-0.3, -0.25) is 0 Å². The lowest BCUT2D eigenvalue weighted by atomic mass is 10.1. The van der Waals surface area contributed by atoms with Gasteiger partial charge < -0.3 is 19.7 Å². The molecule has 1 aliphatic rings. The molecule has 3 aromatic heterocycles. The average Bonchev–Trinajstić information content (AvgIpc) is 3.33. The molecule has 1 aliphatic heterocycles. The molecular weight excluding hydrogens is 372 g/mol. The zero-order valence-electron chi connectivity index (χ0n) is 15.8. The lowest BCUT2D eigenvalue weighted by molar-refractivity contribution is 0.0393. The number of aliphatic hydroxyl groups is 1. The normalized spacial score (nSPS) is 18.2. The summed E-state index contributed by atoms with van der Waals surface area (Å²) in [5, 5.41) is 11.5. The van der Waals surface area contributed by atoms with Crippen molar-refractivity contribution in [2.24, 2.45) is 0 Å². The van der Waals surface area contributed by atoms with Gasteiger partial charge in [0, 0.05) is 23.1 Å². The Bertz CT molecular complexity index is 1140. The molecule has 0 aliphatic carbocycles. The van der Waals surface area contributed by atoms with E-state index in [-0.39, 0.29) is 6.10 Å². The summed E-state index contributed by atoms with van der Waals surface area (Å²) in [7, 11) is 0. The molecule has 1 aromatic carbocycles. The number of hydrogen-bond acceptors (Lipinski definition) is 6. The van der Waals surface area contributed by atoms with Crippen LogP contribution in [0.15, 0.2) is 42.7 Å². The maximum Gasteiger partial charge on any atom is 0.226 e. The smallest absolute Gasteiger partial charge is 0.226 e. The SMILES string of the molecule is CC(C)(O)c1cc2nc(N3CCOC(c4ccc5cc[nH]c5c4)C3)ncc2s1. The van der Waals surface area contributed by atoms with E-state index in [2.05, 4.69) is 39.1 Å². The molecule has 144 valence electrons. The molecule has 7 heteroatoms. The molecule has 0 bridgehead atoms. The van der Waals surface area contributed by atoms with Gasteiger partial charge in [-0.15, -0.1) is 11.3 Å². The number of morpholine rings is 1. The number of ether oxygens (including phenoxy) is 1. The second kappa shape index (κ2) is 6.55. The first-order chi connectivity index (χ1) is 13.5. The number of anilines is 1. The number of rotatable bonds is 3. The van der Waals surface area contributed by atoms with Gasteiger partial charge in [0.1, 0.15) is 6.10 Å². The van der Waals surface area contributed by atoms with Crippen LogP contribution in [0, 0.1) is 0 Å². The molecule has 4 heterocycles. The summed E-state index contributed by atoms with van der Waals surface area (Å²) < 4.78 is 7.02. The Morgan fingerprint density at radius 2 is 2.18 bits per heavy atom. The number of thiophene rings is 1. The summed E-state index contributed by atoms with van der Waals surface area (Å²) in [5.74, 6) is 0.710. The summed E-state index contributed by atoms with van der Waals surface area (Å²) >= 11 is 1.54. The Kier molecular flexibility index (Phi) is 4.12. The number of fused-ring (bicyclic) bond motifs is 2. The highest BCUT2D eigenvalue weighted by atomic mass is 32.1. The molecular formula is C21H22N4O2S. The molecule has 0 spiro atoms. The van der Waals surface area contributed by atoms with Gasteiger partial charge in [0.25, 0.3) is 0 Å². The molecule has 2 N–H and O–H groups in total. The van der Waals surface area contributed by atoms with Crippen LogP contribution in [0.4, 0.5) is 5.95 Å². The van der Waals surface area contributed by atoms with Crippen molar-refractivity contribution in [3.63, 3.8) is 0 Å². The van der Waals surface area contributed by atoms with Crippen molar-refractivity contribution < 1.29 is 9.84 Å². The molecule has 5 rings (SSSR count). The number of nitrogens with one attached hydrogen (secondary N) is 1. The van der Waals surface area contributed by atoms with Gasteiger partial charge in [-0.25, -0.2) is 9.97 Å². The highest BCUT2D eigenvalue weighted by molar-refractivity contribution is 7.19. The summed E-state index contributed by atoms with van der Waals surface area (Å²) in [4.78, 5) is 15.7. The second-order valence-electron chi connectivity index (χ2n) is 7.72. The Labute approximate surface area is 166 Å². The van der Waals surface area contributed by atoms with Gasteiger partial charge in [-0.1, -0.05) is 12.1 Å². The number of benzene rings is 1. The fourth-order valence-corrected chi connectivity index (χ4v) is 4.55. The van der Waals surface area contributed by atoms with Crippen LogP contribution in [0.3, 0.4) is 0 Å². The van der Waals surface area contributed by atoms with Gasteiger partial charge in [0.05, 0.1) is 35.2 Å². The minimum atomic E-state index is -0.869. The molecule has 1 fully saturated rings. The zero-order chi connectivity index (χ0) is 19.3. The van der Waals surface area contributed by atoms with Crippen LogP contribution in [0.25, 0.3) is 21.1 Å². The third-order valence-electron chi connectivity index (χ3n) is 5.16.